The summed E-state index contributed by atoms with van der Waals surface area (Å²) in [6, 6.07) is 11.1. The lowest BCUT2D eigenvalue weighted by Crippen LogP contribution is -2.03. The lowest BCUT2D eigenvalue weighted by atomic mass is 10.2. The van der Waals surface area contributed by atoms with Crippen LogP contribution in [0.1, 0.15) is 6.92 Å². The molecule has 0 amide bonds. The van der Waals surface area contributed by atoms with Crippen molar-refractivity contribution in [1.82, 2.24) is 0 Å². The monoisotopic (exact) mass is 290 g/mol. The van der Waals surface area contributed by atoms with Gasteiger partial charge in [0, 0.05) is 10.1 Å². The second-order valence-corrected chi connectivity index (χ2v) is 5.57. The van der Waals surface area contributed by atoms with Crippen molar-refractivity contribution in [2.24, 2.45) is 0 Å². The van der Waals surface area contributed by atoms with Gasteiger partial charge in [-0.2, -0.15) is 0 Å². The summed E-state index contributed by atoms with van der Waals surface area (Å²) in [6.07, 6.45) is 0. The molecule has 0 aliphatic carbocycles. The Morgan fingerprint density at radius 1 is 1.21 bits per heavy atom. The highest BCUT2D eigenvalue weighted by molar-refractivity contribution is 7.25. The van der Waals surface area contributed by atoms with Crippen molar-refractivity contribution in [3.05, 3.63) is 51.6 Å². The molecule has 0 unspecified atom stereocenters. The van der Waals surface area contributed by atoms with E-state index in [2.05, 4.69) is 0 Å². The van der Waals surface area contributed by atoms with E-state index in [0.717, 1.165) is 15.1 Å². The molecule has 0 N–H and O–H groups in total. The molecule has 1 aromatic heterocycles. The van der Waals surface area contributed by atoms with Gasteiger partial charge in [-0.1, -0.05) is 23.7 Å². The predicted molar refractivity (Wildman–Crippen MR) is 81.8 cm³/mol. The first-order valence-corrected chi connectivity index (χ1v) is 7.18. The van der Waals surface area contributed by atoms with Crippen molar-refractivity contribution in [1.29, 1.82) is 0 Å². The molecule has 96 valence electrons. The lowest BCUT2D eigenvalue weighted by molar-refractivity contribution is 0.345. The summed E-state index contributed by atoms with van der Waals surface area (Å²) in [5.74, 6) is 0.717. The zero-order valence-corrected chi connectivity index (χ0v) is 11.8. The van der Waals surface area contributed by atoms with Crippen LogP contribution >= 0.6 is 22.9 Å². The molecule has 0 fully saturated rings. The number of hydrogen-bond donors (Lipinski definition) is 0. The third-order valence-corrected chi connectivity index (χ3v) is 4.44. The summed E-state index contributed by atoms with van der Waals surface area (Å²) in [7, 11) is 0. The Morgan fingerprint density at radius 2 is 2.00 bits per heavy atom. The van der Waals surface area contributed by atoms with E-state index in [-0.39, 0.29) is 5.43 Å². The normalized spacial score (nSPS) is 11.1. The first-order valence-electron chi connectivity index (χ1n) is 5.99. The van der Waals surface area contributed by atoms with Gasteiger partial charge in [0.15, 0.2) is 5.43 Å². The van der Waals surface area contributed by atoms with Gasteiger partial charge in [0.25, 0.3) is 0 Å². The van der Waals surface area contributed by atoms with E-state index in [4.69, 9.17) is 16.3 Å². The lowest BCUT2D eigenvalue weighted by Gasteiger charge is -2.08. The number of hydrogen-bond acceptors (Lipinski definition) is 3. The van der Waals surface area contributed by atoms with Crippen LogP contribution in [0.4, 0.5) is 0 Å². The SMILES string of the molecule is CCOc1ccc(Cl)c2c(=O)c3ccccc3sc12. The van der Waals surface area contributed by atoms with E-state index >= 15 is 0 Å². The first-order chi connectivity index (χ1) is 9.22. The van der Waals surface area contributed by atoms with Crippen LogP contribution in [0.2, 0.25) is 5.02 Å². The van der Waals surface area contributed by atoms with Crippen LogP contribution in [0.25, 0.3) is 20.2 Å². The number of rotatable bonds is 2. The molecule has 0 aliphatic heterocycles. The highest BCUT2D eigenvalue weighted by Crippen LogP contribution is 2.35. The maximum absolute atomic E-state index is 12.5. The second kappa shape index (κ2) is 4.83. The van der Waals surface area contributed by atoms with Gasteiger partial charge < -0.3 is 4.74 Å². The average molecular weight is 291 g/mol. The van der Waals surface area contributed by atoms with Crippen molar-refractivity contribution in [2.75, 3.05) is 6.61 Å². The summed E-state index contributed by atoms with van der Waals surface area (Å²) in [5.41, 5.74) is -0.0316. The highest BCUT2D eigenvalue weighted by Gasteiger charge is 2.12. The molecule has 0 saturated carbocycles. The van der Waals surface area contributed by atoms with E-state index in [1.807, 2.05) is 37.3 Å². The minimum atomic E-state index is -0.0316. The van der Waals surface area contributed by atoms with Crippen molar-refractivity contribution in [2.45, 2.75) is 6.92 Å². The Hall–Kier alpha value is -1.58. The van der Waals surface area contributed by atoms with Crippen LogP contribution in [0.5, 0.6) is 5.75 Å². The van der Waals surface area contributed by atoms with Crippen LogP contribution in [0.15, 0.2) is 41.2 Å². The Balaban J connectivity index is 2.53. The smallest absolute Gasteiger partial charge is 0.197 e. The quantitative estimate of drug-likeness (QED) is 0.651. The zero-order valence-electron chi connectivity index (χ0n) is 10.3. The van der Waals surface area contributed by atoms with Crippen LogP contribution < -0.4 is 10.2 Å². The maximum Gasteiger partial charge on any atom is 0.197 e. The minimum absolute atomic E-state index is 0.0316. The Morgan fingerprint density at radius 3 is 2.79 bits per heavy atom. The van der Waals surface area contributed by atoms with Crippen LogP contribution in [0, 0.1) is 0 Å². The molecular formula is C15H11ClO2S. The summed E-state index contributed by atoms with van der Waals surface area (Å²) in [4.78, 5) is 12.5. The fourth-order valence-electron chi connectivity index (χ4n) is 2.11. The molecule has 19 heavy (non-hydrogen) atoms. The molecular weight excluding hydrogens is 280 g/mol. The molecule has 3 aromatic rings. The van der Waals surface area contributed by atoms with Crippen molar-refractivity contribution >= 4 is 43.1 Å². The van der Waals surface area contributed by atoms with Crippen molar-refractivity contribution in [3.63, 3.8) is 0 Å². The van der Waals surface area contributed by atoms with Gasteiger partial charge in [-0.25, -0.2) is 0 Å². The van der Waals surface area contributed by atoms with Crippen LogP contribution in [0.3, 0.4) is 0 Å². The standard InChI is InChI=1S/C15H11ClO2S/c1-2-18-11-8-7-10(16)13-14(17)9-5-3-4-6-12(9)19-15(11)13/h3-8H,2H2,1H3. The second-order valence-electron chi connectivity index (χ2n) is 4.11. The van der Waals surface area contributed by atoms with Gasteiger partial charge in [-0.05, 0) is 31.2 Å². The van der Waals surface area contributed by atoms with Gasteiger partial charge in [0.2, 0.25) is 0 Å². The summed E-state index contributed by atoms with van der Waals surface area (Å²) in [6.45, 7) is 2.48. The Kier molecular flexibility index (Phi) is 3.17. The van der Waals surface area contributed by atoms with Crippen LogP contribution in [-0.4, -0.2) is 6.61 Å². The zero-order chi connectivity index (χ0) is 13.4. The molecule has 0 spiro atoms. The van der Waals surface area contributed by atoms with Gasteiger partial charge in [-0.3, -0.25) is 4.79 Å². The van der Waals surface area contributed by atoms with Crippen molar-refractivity contribution < 1.29 is 4.74 Å². The third kappa shape index (κ3) is 1.99. The topological polar surface area (TPSA) is 26.3 Å². The number of benzene rings is 2. The molecule has 0 aliphatic rings. The van der Waals surface area contributed by atoms with Crippen molar-refractivity contribution in [3.8, 4) is 5.75 Å². The van der Waals surface area contributed by atoms with Gasteiger partial charge >= 0.3 is 0 Å². The predicted octanol–water partition coefficient (Wildman–Crippen LogP) is 4.47. The molecule has 1 heterocycles. The molecule has 4 heteroatoms. The molecule has 2 aromatic carbocycles. The van der Waals surface area contributed by atoms with E-state index in [1.165, 1.54) is 11.3 Å². The molecule has 2 nitrogen and oxygen atoms in total. The molecule has 0 bridgehead atoms. The number of fused-ring (bicyclic) bond motifs is 2. The summed E-state index contributed by atoms with van der Waals surface area (Å²) < 4.78 is 7.36. The Labute approximate surface area is 119 Å². The number of ether oxygens (including phenoxy) is 1. The average Bonchev–Trinajstić information content (AvgIpc) is 2.42. The molecule has 3 rings (SSSR count). The Bertz CT molecular complexity index is 823. The first kappa shape index (κ1) is 12.5. The summed E-state index contributed by atoms with van der Waals surface area (Å²) in [5, 5.41) is 1.73. The fraction of sp³-hybridized carbons (Fsp3) is 0.133. The van der Waals surface area contributed by atoms with E-state index in [9.17, 15) is 4.79 Å². The van der Waals surface area contributed by atoms with Crippen LogP contribution in [-0.2, 0) is 0 Å². The number of halogens is 1. The largest absolute Gasteiger partial charge is 0.492 e. The van der Waals surface area contributed by atoms with E-state index in [0.29, 0.717) is 22.4 Å². The highest BCUT2D eigenvalue weighted by atomic mass is 35.5. The van der Waals surface area contributed by atoms with Gasteiger partial charge in [0.05, 0.1) is 21.7 Å². The van der Waals surface area contributed by atoms with Gasteiger partial charge in [-0.15, -0.1) is 11.3 Å². The third-order valence-electron chi connectivity index (χ3n) is 2.94. The van der Waals surface area contributed by atoms with E-state index < -0.39 is 0 Å². The van der Waals surface area contributed by atoms with E-state index in [1.54, 1.807) is 6.07 Å². The summed E-state index contributed by atoms with van der Waals surface area (Å²) >= 11 is 7.72. The minimum Gasteiger partial charge on any atom is -0.492 e. The molecule has 0 radical (unpaired) electrons. The van der Waals surface area contributed by atoms with Gasteiger partial charge in [0.1, 0.15) is 5.75 Å². The maximum atomic E-state index is 12.5. The molecule has 0 atom stereocenters. The molecule has 0 saturated heterocycles. The fourth-order valence-corrected chi connectivity index (χ4v) is 3.58.